The number of amides is 1. The Bertz CT molecular complexity index is 375. The summed E-state index contributed by atoms with van der Waals surface area (Å²) in [6.45, 7) is 3.60. The standard InChI is InChI=1S/C15H22N2O2/c18-15(17-11-13-4-2-1-3-5-13)12-16-10-14-6-8-19-9-7-14/h1-5,14,16H,6-12H2,(H,17,18). The van der Waals surface area contributed by atoms with Crippen LogP contribution in [0.1, 0.15) is 18.4 Å². The van der Waals surface area contributed by atoms with E-state index in [1.54, 1.807) is 0 Å². The van der Waals surface area contributed by atoms with Crippen molar-refractivity contribution in [3.05, 3.63) is 35.9 Å². The van der Waals surface area contributed by atoms with Gasteiger partial charge in [-0.05, 0) is 30.9 Å². The van der Waals surface area contributed by atoms with Gasteiger partial charge < -0.3 is 15.4 Å². The number of nitrogens with one attached hydrogen (secondary N) is 2. The molecule has 1 amide bonds. The van der Waals surface area contributed by atoms with Crippen LogP contribution in [0.5, 0.6) is 0 Å². The fourth-order valence-electron chi connectivity index (χ4n) is 2.20. The topological polar surface area (TPSA) is 50.4 Å². The van der Waals surface area contributed by atoms with Crippen LogP contribution in [0.25, 0.3) is 0 Å². The molecule has 19 heavy (non-hydrogen) atoms. The van der Waals surface area contributed by atoms with E-state index in [9.17, 15) is 4.79 Å². The van der Waals surface area contributed by atoms with Gasteiger partial charge in [0.25, 0.3) is 0 Å². The number of carbonyl (C=O) groups is 1. The Balaban J connectivity index is 1.57. The van der Waals surface area contributed by atoms with Gasteiger partial charge in [0.15, 0.2) is 0 Å². The summed E-state index contributed by atoms with van der Waals surface area (Å²) < 4.78 is 5.31. The highest BCUT2D eigenvalue weighted by Crippen LogP contribution is 2.12. The number of ether oxygens (including phenoxy) is 1. The molecule has 4 heteroatoms. The van der Waals surface area contributed by atoms with E-state index in [1.165, 1.54) is 0 Å². The molecule has 1 fully saturated rings. The van der Waals surface area contributed by atoms with Gasteiger partial charge >= 0.3 is 0 Å². The molecule has 1 aromatic rings. The van der Waals surface area contributed by atoms with E-state index < -0.39 is 0 Å². The molecule has 104 valence electrons. The second-order valence-electron chi connectivity index (χ2n) is 4.95. The fraction of sp³-hybridized carbons (Fsp3) is 0.533. The van der Waals surface area contributed by atoms with Gasteiger partial charge in [-0.3, -0.25) is 4.79 Å². The first-order valence-electron chi connectivity index (χ1n) is 6.93. The van der Waals surface area contributed by atoms with Crippen LogP contribution in [0, 0.1) is 5.92 Å². The third kappa shape index (κ3) is 5.41. The zero-order valence-electron chi connectivity index (χ0n) is 11.2. The molecule has 1 aromatic carbocycles. The van der Waals surface area contributed by atoms with Gasteiger partial charge in [0.2, 0.25) is 5.91 Å². The average molecular weight is 262 g/mol. The highest BCUT2D eigenvalue weighted by molar-refractivity contribution is 5.77. The maximum absolute atomic E-state index is 11.7. The molecule has 0 saturated carbocycles. The molecule has 0 spiro atoms. The van der Waals surface area contributed by atoms with Gasteiger partial charge in [-0.1, -0.05) is 30.3 Å². The number of carbonyl (C=O) groups excluding carboxylic acids is 1. The lowest BCUT2D eigenvalue weighted by atomic mass is 10.0. The van der Waals surface area contributed by atoms with Crippen molar-refractivity contribution in [1.29, 1.82) is 0 Å². The molecule has 0 aliphatic carbocycles. The number of rotatable bonds is 6. The van der Waals surface area contributed by atoms with Crippen LogP contribution in [0.15, 0.2) is 30.3 Å². The Labute approximate surface area is 114 Å². The van der Waals surface area contributed by atoms with Gasteiger partial charge in [-0.25, -0.2) is 0 Å². The molecule has 1 aliphatic rings. The van der Waals surface area contributed by atoms with Gasteiger partial charge in [-0.2, -0.15) is 0 Å². The fourth-order valence-corrected chi connectivity index (χ4v) is 2.20. The lowest BCUT2D eigenvalue weighted by Crippen LogP contribution is -2.36. The van der Waals surface area contributed by atoms with Gasteiger partial charge in [0.05, 0.1) is 6.54 Å². The summed E-state index contributed by atoms with van der Waals surface area (Å²) >= 11 is 0. The van der Waals surface area contributed by atoms with E-state index in [-0.39, 0.29) is 5.91 Å². The van der Waals surface area contributed by atoms with Crippen LogP contribution in [-0.2, 0) is 16.1 Å². The van der Waals surface area contributed by atoms with E-state index in [0.717, 1.165) is 38.2 Å². The Morgan fingerprint density at radius 2 is 1.95 bits per heavy atom. The van der Waals surface area contributed by atoms with E-state index in [1.807, 2.05) is 30.3 Å². The average Bonchev–Trinajstić information content (AvgIpc) is 2.47. The van der Waals surface area contributed by atoms with Crippen molar-refractivity contribution >= 4 is 5.91 Å². The van der Waals surface area contributed by atoms with Crippen molar-refractivity contribution in [3.63, 3.8) is 0 Å². The Hall–Kier alpha value is -1.39. The van der Waals surface area contributed by atoms with Crippen molar-refractivity contribution in [2.45, 2.75) is 19.4 Å². The lowest BCUT2D eigenvalue weighted by Gasteiger charge is -2.22. The third-order valence-electron chi connectivity index (χ3n) is 3.39. The van der Waals surface area contributed by atoms with Crippen molar-refractivity contribution in [2.75, 3.05) is 26.3 Å². The molecule has 0 bridgehead atoms. The summed E-state index contributed by atoms with van der Waals surface area (Å²) in [6.07, 6.45) is 2.19. The van der Waals surface area contributed by atoms with Gasteiger partial charge in [0, 0.05) is 19.8 Å². The monoisotopic (exact) mass is 262 g/mol. The Morgan fingerprint density at radius 3 is 2.68 bits per heavy atom. The largest absolute Gasteiger partial charge is 0.381 e. The van der Waals surface area contributed by atoms with Crippen molar-refractivity contribution in [2.24, 2.45) is 5.92 Å². The second-order valence-corrected chi connectivity index (χ2v) is 4.95. The van der Waals surface area contributed by atoms with Crippen molar-refractivity contribution in [1.82, 2.24) is 10.6 Å². The van der Waals surface area contributed by atoms with Crippen LogP contribution in [-0.4, -0.2) is 32.2 Å². The van der Waals surface area contributed by atoms with Crippen LogP contribution in [0.3, 0.4) is 0 Å². The molecule has 1 saturated heterocycles. The van der Waals surface area contributed by atoms with E-state index in [4.69, 9.17) is 4.74 Å². The molecule has 0 atom stereocenters. The molecule has 2 rings (SSSR count). The minimum absolute atomic E-state index is 0.0518. The summed E-state index contributed by atoms with van der Waals surface area (Å²) in [5, 5.41) is 6.13. The van der Waals surface area contributed by atoms with E-state index >= 15 is 0 Å². The summed E-state index contributed by atoms with van der Waals surface area (Å²) in [4.78, 5) is 11.7. The van der Waals surface area contributed by atoms with Crippen LogP contribution in [0.2, 0.25) is 0 Å². The number of hydrogen-bond acceptors (Lipinski definition) is 3. The van der Waals surface area contributed by atoms with E-state index in [0.29, 0.717) is 19.0 Å². The maximum atomic E-state index is 11.7. The highest BCUT2D eigenvalue weighted by atomic mass is 16.5. The SMILES string of the molecule is O=C(CNCC1CCOCC1)NCc1ccccc1. The molecule has 0 aromatic heterocycles. The second kappa shape index (κ2) is 7.92. The molecule has 1 aliphatic heterocycles. The molecule has 2 N–H and O–H groups in total. The molecule has 1 heterocycles. The lowest BCUT2D eigenvalue weighted by molar-refractivity contribution is -0.120. The summed E-state index contributed by atoms with van der Waals surface area (Å²) in [7, 11) is 0. The summed E-state index contributed by atoms with van der Waals surface area (Å²) in [6, 6.07) is 9.95. The van der Waals surface area contributed by atoms with Crippen LogP contribution < -0.4 is 10.6 Å². The molecule has 0 radical (unpaired) electrons. The maximum Gasteiger partial charge on any atom is 0.234 e. The predicted octanol–water partition coefficient (Wildman–Crippen LogP) is 1.32. The zero-order chi connectivity index (χ0) is 13.3. The minimum atomic E-state index is 0.0518. The molecule has 0 unspecified atom stereocenters. The van der Waals surface area contributed by atoms with Crippen LogP contribution >= 0.6 is 0 Å². The van der Waals surface area contributed by atoms with E-state index in [2.05, 4.69) is 10.6 Å². The first kappa shape index (κ1) is 14.0. The molecular weight excluding hydrogens is 240 g/mol. The summed E-state index contributed by atoms with van der Waals surface area (Å²) in [5.41, 5.74) is 1.13. The third-order valence-corrected chi connectivity index (χ3v) is 3.39. The van der Waals surface area contributed by atoms with Crippen molar-refractivity contribution in [3.8, 4) is 0 Å². The number of benzene rings is 1. The van der Waals surface area contributed by atoms with Crippen molar-refractivity contribution < 1.29 is 9.53 Å². The Kier molecular flexibility index (Phi) is 5.85. The Morgan fingerprint density at radius 1 is 1.21 bits per heavy atom. The van der Waals surface area contributed by atoms with Gasteiger partial charge in [-0.15, -0.1) is 0 Å². The summed E-state index contributed by atoms with van der Waals surface area (Å²) in [5.74, 6) is 0.701. The molecule has 4 nitrogen and oxygen atoms in total. The zero-order valence-corrected chi connectivity index (χ0v) is 11.2. The normalized spacial score (nSPS) is 16.2. The molecular formula is C15H22N2O2. The predicted molar refractivity (Wildman–Crippen MR) is 74.7 cm³/mol. The first-order valence-corrected chi connectivity index (χ1v) is 6.93. The minimum Gasteiger partial charge on any atom is -0.381 e. The number of hydrogen-bond donors (Lipinski definition) is 2. The smallest absolute Gasteiger partial charge is 0.234 e. The first-order chi connectivity index (χ1) is 9.34. The van der Waals surface area contributed by atoms with Crippen LogP contribution in [0.4, 0.5) is 0 Å². The highest BCUT2D eigenvalue weighted by Gasteiger charge is 2.13. The quantitative estimate of drug-likeness (QED) is 0.813. The van der Waals surface area contributed by atoms with Gasteiger partial charge in [0.1, 0.15) is 0 Å².